The monoisotopic (exact) mass is 262 g/mol. The van der Waals surface area contributed by atoms with E-state index in [1.807, 2.05) is 31.2 Å². The molecule has 2 N–H and O–H groups in total. The molecule has 1 aliphatic rings. The SMILES string of the molecule is Cc1ccc(C(=O)NC(=S)NC2CCCC2)cc1. The van der Waals surface area contributed by atoms with E-state index in [0.717, 1.165) is 18.4 Å². The van der Waals surface area contributed by atoms with Crippen LogP contribution in [-0.4, -0.2) is 17.1 Å². The van der Waals surface area contributed by atoms with Crippen LogP contribution in [0.1, 0.15) is 41.6 Å². The average molecular weight is 262 g/mol. The molecule has 4 heteroatoms. The maximum Gasteiger partial charge on any atom is 0.257 e. The van der Waals surface area contributed by atoms with Gasteiger partial charge in [0.2, 0.25) is 0 Å². The molecule has 0 unspecified atom stereocenters. The van der Waals surface area contributed by atoms with Gasteiger partial charge in [-0.1, -0.05) is 30.5 Å². The first kappa shape index (κ1) is 13.0. The van der Waals surface area contributed by atoms with Gasteiger partial charge in [0.25, 0.3) is 5.91 Å². The van der Waals surface area contributed by atoms with E-state index in [1.165, 1.54) is 12.8 Å². The number of thiocarbonyl (C=S) groups is 1. The van der Waals surface area contributed by atoms with Gasteiger partial charge in [-0.2, -0.15) is 0 Å². The largest absolute Gasteiger partial charge is 0.360 e. The quantitative estimate of drug-likeness (QED) is 0.805. The van der Waals surface area contributed by atoms with Crippen molar-refractivity contribution >= 4 is 23.2 Å². The van der Waals surface area contributed by atoms with Crippen LogP contribution in [0.4, 0.5) is 0 Å². The van der Waals surface area contributed by atoms with Gasteiger partial charge in [-0.15, -0.1) is 0 Å². The summed E-state index contributed by atoms with van der Waals surface area (Å²) in [5.41, 5.74) is 1.77. The Balaban J connectivity index is 1.86. The summed E-state index contributed by atoms with van der Waals surface area (Å²) >= 11 is 5.15. The number of carbonyl (C=O) groups is 1. The Morgan fingerprint density at radius 2 is 1.83 bits per heavy atom. The van der Waals surface area contributed by atoms with Gasteiger partial charge in [0.1, 0.15) is 0 Å². The molecule has 2 rings (SSSR count). The second kappa shape index (κ2) is 5.96. The van der Waals surface area contributed by atoms with Crippen molar-refractivity contribution in [2.45, 2.75) is 38.6 Å². The predicted octanol–water partition coefficient (Wildman–Crippen LogP) is 2.54. The molecule has 3 nitrogen and oxygen atoms in total. The van der Waals surface area contributed by atoms with Crippen molar-refractivity contribution in [3.05, 3.63) is 35.4 Å². The van der Waals surface area contributed by atoms with E-state index in [2.05, 4.69) is 10.6 Å². The molecule has 96 valence electrons. The summed E-state index contributed by atoms with van der Waals surface area (Å²) in [6.45, 7) is 1.99. The normalized spacial score (nSPS) is 15.4. The number of rotatable bonds is 2. The van der Waals surface area contributed by atoms with Crippen molar-refractivity contribution in [3.8, 4) is 0 Å². The van der Waals surface area contributed by atoms with Crippen molar-refractivity contribution in [3.63, 3.8) is 0 Å². The van der Waals surface area contributed by atoms with Crippen molar-refractivity contribution in [2.24, 2.45) is 0 Å². The number of carbonyl (C=O) groups excluding carboxylic acids is 1. The Morgan fingerprint density at radius 1 is 1.22 bits per heavy atom. The van der Waals surface area contributed by atoms with Gasteiger partial charge in [-0.05, 0) is 44.1 Å². The zero-order chi connectivity index (χ0) is 13.0. The molecule has 0 saturated heterocycles. The van der Waals surface area contributed by atoms with Crippen molar-refractivity contribution in [1.29, 1.82) is 0 Å². The second-order valence-corrected chi connectivity index (χ2v) is 5.18. The molecule has 1 aromatic rings. The number of benzene rings is 1. The fourth-order valence-electron chi connectivity index (χ4n) is 2.17. The van der Waals surface area contributed by atoms with Crippen LogP contribution in [0, 0.1) is 6.92 Å². The first-order chi connectivity index (χ1) is 8.65. The molecule has 18 heavy (non-hydrogen) atoms. The lowest BCUT2D eigenvalue weighted by molar-refractivity contribution is 0.0976. The number of nitrogens with one attached hydrogen (secondary N) is 2. The molecule has 0 atom stereocenters. The van der Waals surface area contributed by atoms with E-state index in [4.69, 9.17) is 12.2 Å². The van der Waals surface area contributed by atoms with Crippen LogP contribution < -0.4 is 10.6 Å². The predicted molar refractivity (Wildman–Crippen MR) is 76.6 cm³/mol. The second-order valence-electron chi connectivity index (χ2n) is 4.77. The van der Waals surface area contributed by atoms with Crippen molar-refractivity contribution < 1.29 is 4.79 Å². The van der Waals surface area contributed by atoms with Crippen LogP contribution in [0.15, 0.2) is 24.3 Å². The highest BCUT2D eigenvalue weighted by atomic mass is 32.1. The van der Waals surface area contributed by atoms with Gasteiger partial charge >= 0.3 is 0 Å². The molecule has 1 aromatic carbocycles. The van der Waals surface area contributed by atoms with Crippen LogP contribution in [0.5, 0.6) is 0 Å². The summed E-state index contributed by atoms with van der Waals surface area (Å²) in [5.74, 6) is -0.148. The smallest absolute Gasteiger partial charge is 0.257 e. The summed E-state index contributed by atoms with van der Waals surface area (Å²) in [6, 6.07) is 7.88. The van der Waals surface area contributed by atoms with Gasteiger partial charge in [-0.3, -0.25) is 10.1 Å². The molecule has 0 spiro atoms. The Bertz CT molecular complexity index is 436. The molecule has 0 bridgehead atoms. The summed E-state index contributed by atoms with van der Waals surface area (Å²) < 4.78 is 0. The molecule has 1 fully saturated rings. The number of hydrogen-bond acceptors (Lipinski definition) is 2. The maximum absolute atomic E-state index is 11.9. The van der Waals surface area contributed by atoms with E-state index in [1.54, 1.807) is 0 Å². The molecule has 0 aromatic heterocycles. The minimum absolute atomic E-state index is 0.148. The minimum Gasteiger partial charge on any atom is -0.360 e. The van der Waals surface area contributed by atoms with Crippen LogP contribution >= 0.6 is 12.2 Å². The Labute approximate surface area is 113 Å². The van der Waals surface area contributed by atoms with E-state index in [-0.39, 0.29) is 5.91 Å². The first-order valence-corrected chi connectivity index (χ1v) is 6.74. The molecule has 0 heterocycles. The summed E-state index contributed by atoms with van der Waals surface area (Å²) in [7, 11) is 0. The lowest BCUT2D eigenvalue weighted by Crippen LogP contribution is -2.43. The highest BCUT2D eigenvalue weighted by molar-refractivity contribution is 7.80. The fraction of sp³-hybridized carbons (Fsp3) is 0.429. The number of hydrogen-bond donors (Lipinski definition) is 2. The van der Waals surface area contributed by atoms with Crippen LogP contribution in [0.3, 0.4) is 0 Å². The molecule has 0 aliphatic heterocycles. The van der Waals surface area contributed by atoms with Crippen molar-refractivity contribution in [1.82, 2.24) is 10.6 Å². The molecular weight excluding hydrogens is 244 g/mol. The molecular formula is C14H18N2OS. The molecule has 1 amide bonds. The van der Waals surface area contributed by atoms with Crippen molar-refractivity contribution in [2.75, 3.05) is 0 Å². The average Bonchev–Trinajstić information content (AvgIpc) is 2.82. The highest BCUT2D eigenvalue weighted by Crippen LogP contribution is 2.17. The fourth-order valence-corrected chi connectivity index (χ4v) is 2.43. The maximum atomic E-state index is 11.9. The summed E-state index contributed by atoms with van der Waals surface area (Å²) in [6.07, 6.45) is 4.76. The van der Waals surface area contributed by atoms with Crippen LogP contribution in [0.25, 0.3) is 0 Å². The first-order valence-electron chi connectivity index (χ1n) is 6.33. The molecule has 1 saturated carbocycles. The van der Waals surface area contributed by atoms with Gasteiger partial charge in [0, 0.05) is 11.6 Å². The zero-order valence-corrected chi connectivity index (χ0v) is 11.3. The van der Waals surface area contributed by atoms with Gasteiger partial charge in [-0.25, -0.2) is 0 Å². The highest BCUT2D eigenvalue weighted by Gasteiger charge is 2.16. The Kier molecular flexibility index (Phi) is 4.31. The molecule has 0 radical (unpaired) electrons. The van der Waals surface area contributed by atoms with Crippen LogP contribution in [0.2, 0.25) is 0 Å². The minimum atomic E-state index is -0.148. The summed E-state index contributed by atoms with van der Waals surface area (Å²) in [5, 5.41) is 6.35. The summed E-state index contributed by atoms with van der Waals surface area (Å²) in [4.78, 5) is 11.9. The zero-order valence-electron chi connectivity index (χ0n) is 10.5. The van der Waals surface area contributed by atoms with Gasteiger partial charge in [0.15, 0.2) is 5.11 Å². The Hall–Kier alpha value is -1.42. The lowest BCUT2D eigenvalue weighted by atomic mass is 10.1. The number of amides is 1. The van der Waals surface area contributed by atoms with E-state index in [0.29, 0.717) is 16.7 Å². The number of aryl methyl sites for hydroxylation is 1. The van der Waals surface area contributed by atoms with E-state index < -0.39 is 0 Å². The van der Waals surface area contributed by atoms with Crippen LogP contribution in [-0.2, 0) is 0 Å². The van der Waals surface area contributed by atoms with E-state index >= 15 is 0 Å². The third-order valence-electron chi connectivity index (χ3n) is 3.23. The standard InChI is InChI=1S/C14H18N2OS/c1-10-6-8-11(9-7-10)13(17)16-14(18)15-12-4-2-3-5-12/h6-9,12H,2-5H2,1H3,(H2,15,16,17,18). The van der Waals surface area contributed by atoms with Gasteiger partial charge in [0.05, 0.1) is 0 Å². The van der Waals surface area contributed by atoms with Gasteiger partial charge < -0.3 is 5.32 Å². The lowest BCUT2D eigenvalue weighted by Gasteiger charge is -2.14. The third-order valence-corrected chi connectivity index (χ3v) is 3.45. The topological polar surface area (TPSA) is 41.1 Å². The molecule has 1 aliphatic carbocycles. The Morgan fingerprint density at radius 3 is 2.44 bits per heavy atom. The third kappa shape index (κ3) is 3.53. The van der Waals surface area contributed by atoms with E-state index in [9.17, 15) is 4.79 Å².